The first-order valence-corrected chi connectivity index (χ1v) is 5.35. The van der Waals surface area contributed by atoms with E-state index in [0.29, 0.717) is 0 Å². The molecule has 2 aromatic heterocycles. The lowest BCUT2D eigenvalue weighted by molar-refractivity contribution is -0.140. The van der Waals surface area contributed by atoms with E-state index in [2.05, 4.69) is 19.9 Å². The maximum atomic E-state index is 12.7. The first kappa shape index (κ1) is 11.1. The molecule has 2 aromatic rings. The van der Waals surface area contributed by atoms with Gasteiger partial charge < -0.3 is 0 Å². The molecular weight excluding hydrogens is 241 g/mol. The summed E-state index contributed by atoms with van der Waals surface area (Å²) in [5.41, 5.74) is -1.42. The standard InChI is InChI=1S/C8H5F3N4S/c1-16-7-14-5(8(9,10)11)4-6(15-7)13-3-2-12-4/h2-3H,1H3. The van der Waals surface area contributed by atoms with Crippen molar-refractivity contribution in [3.63, 3.8) is 0 Å². The summed E-state index contributed by atoms with van der Waals surface area (Å²) in [5, 5.41) is 0.0281. The highest BCUT2D eigenvalue weighted by molar-refractivity contribution is 7.98. The lowest BCUT2D eigenvalue weighted by Gasteiger charge is -2.08. The highest BCUT2D eigenvalue weighted by Crippen LogP contribution is 2.32. The molecule has 0 fully saturated rings. The molecule has 0 aromatic carbocycles. The summed E-state index contributed by atoms with van der Waals surface area (Å²) in [6.45, 7) is 0. The van der Waals surface area contributed by atoms with Gasteiger partial charge in [-0.1, -0.05) is 11.8 Å². The van der Waals surface area contributed by atoms with Gasteiger partial charge >= 0.3 is 6.18 Å². The summed E-state index contributed by atoms with van der Waals surface area (Å²) in [6.07, 6.45) is -0.487. The largest absolute Gasteiger partial charge is 0.435 e. The van der Waals surface area contributed by atoms with Crippen molar-refractivity contribution in [2.24, 2.45) is 0 Å². The first-order chi connectivity index (χ1) is 7.52. The van der Waals surface area contributed by atoms with Crippen molar-refractivity contribution < 1.29 is 13.2 Å². The molecule has 0 aliphatic heterocycles. The molecule has 0 spiro atoms. The molecule has 0 atom stereocenters. The van der Waals surface area contributed by atoms with Crippen LogP contribution in [0.25, 0.3) is 11.2 Å². The Morgan fingerprint density at radius 3 is 2.44 bits per heavy atom. The second-order valence-electron chi connectivity index (χ2n) is 2.79. The van der Waals surface area contributed by atoms with Crippen LogP contribution in [-0.4, -0.2) is 26.2 Å². The Bertz CT molecular complexity index is 528. The van der Waals surface area contributed by atoms with Crippen molar-refractivity contribution in [3.8, 4) is 0 Å². The molecule has 0 aliphatic carbocycles. The Morgan fingerprint density at radius 2 is 1.81 bits per heavy atom. The van der Waals surface area contributed by atoms with E-state index >= 15 is 0 Å². The first-order valence-electron chi connectivity index (χ1n) is 4.12. The van der Waals surface area contributed by atoms with Gasteiger partial charge in [-0.25, -0.2) is 19.9 Å². The molecule has 0 bridgehead atoms. The molecular formula is C8H5F3N4S. The van der Waals surface area contributed by atoms with Crippen LogP contribution in [0.3, 0.4) is 0 Å². The van der Waals surface area contributed by atoms with Crippen molar-refractivity contribution >= 4 is 22.9 Å². The topological polar surface area (TPSA) is 51.6 Å². The zero-order chi connectivity index (χ0) is 11.8. The number of rotatable bonds is 1. The Labute approximate surface area is 92.3 Å². The summed E-state index contributed by atoms with van der Waals surface area (Å²) >= 11 is 1.02. The minimum Gasteiger partial charge on any atom is -0.249 e. The van der Waals surface area contributed by atoms with Crippen LogP contribution in [0.2, 0.25) is 0 Å². The maximum absolute atomic E-state index is 12.7. The maximum Gasteiger partial charge on any atom is 0.435 e. The second kappa shape index (κ2) is 3.85. The molecule has 4 nitrogen and oxygen atoms in total. The number of halogens is 3. The average molecular weight is 246 g/mol. The zero-order valence-electron chi connectivity index (χ0n) is 7.99. The van der Waals surface area contributed by atoms with E-state index in [9.17, 15) is 13.2 Å². The summed E-state index contributed by atoms with van der Waals surface area (Å²) in [7, 11) is 0. The Morgan fingerprint density at radius 1 is 1.12 bits per heavy atom. The highest BCUT2D eigenvalue weighted by Gasteiger charge is 2.36. The summed E-state index contributed by atoms with van der Waals surface area (Å²) in [5.74, 6) is 0. The lowest BCUT2D eigenvalue weighted by Crippen LogP contribution is -2.11. The van der Waals surface area contributed by atoms with Gasteiger partial charge in [0.2, 0.25) is 0 Å². The summed E-state index contributed by atoms with van der Waals surface area (Å²) in [6, 6.07) is 0. The predicted octanol–water partition coefficient (Wildman–Crippen LogP) is 2.16. The third-order valence-electron chi connectivity index (χ3n) is 1.76. The van der Waals surface area contributed by atoms with Crippen LogP contribution in [0, 0.1) is 0 Å². The van der Waals surface area contributed by atoms with Crippen LogP contribution < -0.4 is 0 Å². The van der Waals surface area contributed by atoms with Crippen LogP contribution in [0.5, 0.6) is 0 Å². The third kappa shape index (κ3) is 1.92. The van der Waals surface area contributed by atoms with Crippen LogP contribution >= 0.6 is 11.8 Å². The van der Waals surface area contributed by atoms with Crippen molar-refractivity contribution in [3.05, 3.63) is 18.1 Å². The van der Waals surface area contributed by atoms with Crippen molar-refractivity contribution in [2.45, 2.75) is 11.3 Å². The van der Waals surface area contributed by atoms with Gasteiger partial charge in [0.25, 0.3) is 0 Å². The SMILES string of the molecule is CSc1nc(C(F)(F)F)c2nccnc2n1. The second-order valence-corrected chi connectivity index (χ2v) is 3.56. The van der Waals surface area contributed by atoms with E-state index in [-0.39, 0.29) is 16.3 Å². The minimum atomic E-state index is -4.55. The Hall–Kier alpha value is -1.44. The molecule has 0 aliphatic rings. The van der Waals surface area contributed by atoms with Crippen LogP contribution in [0.4, 0.5) is 13.2 Å². The van der Waals surface area contributed by atoms with E-state index in [1.165, 1.54) is 12.4 Å². The molecule has 2 heterocycles. The number of fused-ring (bicyclic) bond motifs is 1. The molecule has 0 radical (unpaired) electrons. The summed E-state index contributed by atoms with van der Waals surface area (Å²) < 4.78 is 38.0. The van der Waals surface area contributed by atoms with Crippen LogP contribution in [0.1, 0.15) is 5.69 Å². The minimum absolute atomic E-state index is 0.0281. The van der Waals surface area contributed by atoms with Gasteiger partial charge in [0.05, 0.1) is 0 Å². The fourth-order valence-electron chi connectivity index (χ4n) is 1.13. The normalized spacial score (nSPS) is 12.0. The van der Waals surface area contributed by atoms with Gasteiger partial charge in [-0.2, -0.15) is 13.2 Å². The van der Waals surface area contributed by atoms with Crippen LogP contribution in [0.15, 0.2) is 17.6 Å². The van der Waals surface area contributed by atoms with E-state index in [1.54, 1.807) is 6.26 Å². The average Bonchev–Trinajstić information content (AvgIpc) is 2.26. The molecule has 0 N–H and O–H groups in total. The smallest absolute Gasteiger partial charge is 0.249 e. The monoisotopic (exact) mass is 246 g/mol. The van der Waals surface area contributed by atoms with E-state index < -0.39 is 11.9 Å². The van der Waals surface area contributed by atoms with Gasteiger partial charge in [0, 0.05) is 12.4 Å². The van der Waals surface area contributed by atoms with Crippen LogP contribution in [-0.2, 0) is 6.18 Å². The molecule has 8 heteroatoms. The zero-order valence-corrected chi connectivity index (χ0v) is 8.80. The van der Waals surface area contributed by atoms with Gasteiger partial charge in [0.1, 0.15) is 5.52 Å². The molecule has 0 amide bonds. The number of hydrogen-bond donors (Lipinski definition) is 0. The van der Waals surface area contributed by atoms with E-state index in [0.717, 1.165) is 11.8 Å². The molecule has 0 saturated carbocycles. The quantitative estimate of drug-likeness (QED) is 0.570. The van der Waals surface area contributed by atoms with Gasteiger partial charge in [-0.3, -0.25) is 0 Å². The molecule has 16 heavy (non-hydrogen) atoms. The van der Waals surface area contributed by atoms with Crippen molar-refractivity contribution in [2.75, 3.05) is 6.26 Å². The molecule has 0 unspecified atom stereocenters. The third-order valence-corrected chi connectivity index (χ3v) is 2.31. The highest BCUT2D eigenvalue weighted by atomic mass is 32.2. The van der Waals surface area contributed by atoms with E-state index in [1.807, 2.05) is 0 Å². The molecule has 2 rings (SSSR count). The Kier molecular flexibility index (Phi) is 2.66. The molecule has 84 valence electrons. The van der Waals surface area contributed by atoms with Crippen molar-refractivity contribution in [1.82, 2.24) is 19.9 Å². The van der Waals surface area contributed by atoms with Gasteiger partial charge in [-0.05, 0) is 6.26 Å². The number of aromatic nitrogens is 4. The number of thioether (sulfide) groups is 1. The predicted molar refractivity (Wildman–Crippen MR) is 51.9 cm³/mol. The molecule has 0 saturated heterocycles. The number of nitrogens with zero attached hydrogens (tertiary/aromatic N) is 4. The van der Waals surface area contributed by atoms with Gasteiger partial charge in [0.15, 0.2) is 16.5 Å². The Balaban J connectivity index is 2.79. The number of hydrogen-bond acceptors (Lipinski definition) is 5. The fraction of sp³-hybridized carbons (Fsp3) is 0.250. The van der Waals surface area contributed by atoms with Crippen molar-refractivity contribution in [1.29, 1.82) is 0 Å². The lowest BCUT2D eigenvalue weighted by atomic mass is 10.3. The number of alkyl halides is 3. The van der Waals surface area contributed by atoms with E-state index in [4.69, 9.17) is 0 Å². The van der Waals surface area contributed by atoms with Gasteiger partial charge in [-0.15, -0.1) is 0 Å². The fourth-order valence-corrected chi connectivity index (χ4v) is 1.49. The summed E-state index contributed by atoms with van der Waals surface area (Å²) in [4.78, 5) is 14.6.